The SMILES string of the molecule is CC(=O)Oc1ccc(COC(=O)CCCCP(=O)(O)O)cc1.O=C=O. The van der Waals surface area contributed by atoms with E-state index in [1.54, 1.807) is 24.3 Å². The topological polar surface area (TPSA) is 144 Å². The third kappa shape index (κ3) is 13.8. The normalized spacial score (nSPS) is 10.0. The Kier molecular flexibility index (Phi) is 11.0. The van der Waals surface area contributed by atoms with Gasteiger partial charge in [0.15, 0.2) is 0 Å². The Morgan fingerprint density at radius 2 is 1.68 bits per heavy atom. The van der Waals surface area contributed by atoms with Crippen LogP contribution in [0.4, 0.5) is 0 Å². The maximum Gasteiger partial charge on any atom is 0.373 e. The van der Waals surface area contributed by atoms with E-state index in [2.05, 4.69) is 0 Å². The van der Waals surface area contributed by atoms with E-state index in [4.69, 9.17) is 28.8 Å². The molecule has 0 amide bonds. The van der Waals surface area contributed by atoms with Gasteiger partial charge in [-0.25, -0.2) is 0 Å². The van der Waals surface area contributed by atoms with Crippen molar-refractivity contribution < 1.29 is 43.0 Å². The monoisotopic (exact) mass is 374 g/mol. The number of hydrogen-bond donors (Lipinski definition) is 2. The Morgan fingerprint density at radius 1 is 1.12 bits per heavy atom. The highest BCUT2D eigenvalue weighted by Gasteiger charge is 2.12. The van der Waals surface area contributed by atoms with Gasteiger partial charge in [0, 0.05) is 19.5 Å². The van der Waals surface area contributed by atoms with Gasteiger partial charge in [0.1, 0.15) is 12.4 Å². The van der Waals surface area contributed by atoms with Crippen molar-refractivity contribution in [1.82, 2.24) is 0 Å². The summed E-state index contributed by atoms with van der Waals surface area (Å²) < 4.78 is 20.5. The second-order valence-corrected chi connectivity index (χ2v) is 6.60. The number of ether oxygens (including phenoxy) is 2. The Balaban J connectivity index is 0.00000178. The van der Waals surface area contributed by atoms with Gasteiger partial charge in [0.05, 0.1) is 0 Å². The summed E-state index contributed by atoms with van der Waals surface area (Å²) in [6, 6.07) is 6.56. The van der Waals surface area contributed by atoms with Crippen LogP contribution < -0.4 is 4.74 Å². The van der Waals surface area contributed by atoms with Gasteiger partial charge in [-0.15, -0.1) is 0 Å². The van der Waals surface area contributed by atoms with Crippen LogP contribution in [-0.2, 0) is 35.1 Å². The number of rotatable bonds is 8. The lowest BCUT2D eigenvalue weighted by Gasteiger charge is -2.06. The molecule has 0 aliphatic heterocycles. The summed E-state index contributed by atoms with van der Waals surface area (Å²) in [5.74, 6) is -0.413. The zero-order chi connectivity index (χ0) is 19.3. The minimum absolute atomic E-state index is 0.0949. The zero-order valence-corrected chi connectivity index (χ0v) is 14.4. The van der Waals surface area contributed by atoms with Crippen LogP contribution in [0.25, 0.3) is 0 Å². The second kappa shape index (κ2) is 12.1. The van der Waals surface area contributed by atoms with Crippen molar-refractivity contribution in [2.75, 3.05) is 6.16 Å². The van der Waals surface area contributed by atoms with Crippen LogP contribution in [0.15, 0.2) is 24.3 Å². The molecule has 9 nitrogen and oxygen atoms in total. The van der Waals surface area contributed by atoms with E-state index in [1.165, 1.54) is 6.92 Å². The Morgan fingerprint density at radius 3 is 2.16 bits per heavy atom. The molecule has 0 atom stereocenters. The molecule has 0 saturated carbocycles. The van der Waals surface area contributed by atoms with Crippen molar-refractivity contribution >= 4 is 25.7 Å². The molecule has 0 fully saturated rings. The lowest BCUT2D eigenvalue weighted by molar-refractivity contribution is -0.191. The maximum atomic E-state index is 11.5. The van der Waals surface area contributed by atoms with Gasteiger partial charge in [0.2, 0.25) is 0 Å². The molecule has 25 heavy (non-hydrogen) atoms. The fourth-order valence-corrected chi connectivity index (χ4v) is 2.28. The van der Waals surface area contributed by atoms with Gasteiger partial charge < -0.3 is 19.3 Å². The molecule has 0 radical (unpaired) electrons. The van der Waals surface area contributed by atoms with Gasteiger partial charge in [0.25, 0.3) is 0 Å². The summed E-state index contributed by atoms with van der Waals surface area (Å²) in [5.41, 5.74) is 0.750. The molecule has 0 unspecified atom stereocenters. The summed E-state index contributed by atoms with van der Waals surface area (Å²) in [6.45, 7) is 1.40. The molecule has 0 spiro atoms. The average molecular weight is 374 g/mol. The number of hydrogen-bond acceptors (Lipinski definition) is 7. The van der Waals surface area contributed by atoms with E-state index in [0.29, 0.717) is 12.2 Å². The molecule has 1 aromatic rings. The van der Waals surface area contributed by atoms with E-state index in [1.807, 2.05) is 0 Å². The summed E-state index contributed by atoms with van der Waals surface area (Å²) >= 11 is 0. The third-order valence-electron chi connectivity index (χ3n) is 2.67. The molecule has 0 bridgehead atoms. The Hall–Kier alpha value is -2.31. The fourth-order valence-electron chi connectivity index (χ4n) is 1.64. The molecular formula is C15H19O9P. The number of carbonyl (C=O) groups is 2. The fraction of sp³-hybridized carbons (Fsp3) is 0.400. The number of benzene rings is 1. The molecule has 1 rings (SSSR count). The summed E-state index contributed by atoms with van der Waals surface area (Å²) in [5, 5.41) is 0. The lowest BCUT2D eigenvalue weighted by Crippen LogP contribution is -2.05. The highest BCUT2D eigenvalue weighted by Crippen LogP contribution is 2.35. The summed E-state index contributed by atoms with van der Waals surface area (Å²) in [7, 11) is -3.99. The number of carbonyl (C=O) groups excluding carboxylic acids is 4. The van der Waals surface area contributed by atoms with Crippen LogP contribution in [0.2, 0.25) is 0 Å². The quantitative estimate of drug-likeness (QED) is 0.299. The first kappa shape index (κ1) is 22.7. The van der Waals surface area contributed by atoms with Crippen LogP contribution in [0.3, 0.4) is 0 Å². The first-order valence-corrected chi connectivity index (χ1v) is 8.94. The Bertz CT molecular complexity index is 627. The molecular weight excluding hydrogens is 355 g/mol. The largest absolute Gasteiger partial charge is 0.461 e. The van der Waals surface area contributed by atoms with Crippen molar-refractivity contribution in [3.8, 4) is 5.75 Å². The van der Waals surface area contributed by atoms with E-state index in [-0.39, 0.29) is 31.8 Å². The number of esters is 2. The molecule has 0 saturated heterocycles. The van der Waals surface area contributed by atoms with E-state index >= 15 is 0 Å². The van der Waals surface area contributed by atoms with E-state index < -0.39 is 19.5 Å². The van der Waals surface area contributed by atoms with Crippen molar-refractivity contribution in [3.05, 3.63) is 29.8 Å². The number of unbranched alkanes of at least 4 members (excludes halogenated alkanes) is 1. The maximum absolute atomic E-state index is 11.5. The second-order valence-electron chi connectivity index (χ2n) is 4.83. The first-order chi connectivity index (χ1) is 11.7. The van der Waals surface area contributed by atoms with Gasteiger partial charge in [-0.05, 0) is 30.5 Å². The van der Waals surface area contributed by atoms with E-state index in [0.717, 1.165) is 5.56 Å². The zero-order valence-electron chi connectivity index (χ0n) is 13.5. The average Bonchev–Trinajstić information content (AvgIpc) is 2.50. The predicted molar refractivity (Wildman–Crippen MR) is 83.3 cm³/mol. The molecule has 0 heterocycles. The van der Waals surface area contributed by atoms with Crippen molar-refractivity contribution in [2.45, 2.75) is 32.8 Å². The molecule has 1 aromatic carbocycles. The smallest absolute Gasteiger partial charge is 0.373 e. The minimum Gasteiger partial charge on any atom is -0.461 e. The third-order valence-corrected chi connectivity index (χ3v) is 3.56. The van der Waals surface area contributed by atoms with Crippen LogP contribution >= 0.6 is 7.60 Å². The van der Waals surface area contributed by atoms with Gasteiger partial charge >= 0.3 is 25.7 Å². The van der Waals surface area contributed by atoms with Crippen molar-refractivity contribution in [1.29, 1.82) is 0 Å². The minimum atomic E-state index is -3.99. The van der Waals surface area contributed by atoms with Gasteiger partial charge in [-0.3, -0.25) is 14.2 Å². The molecule has 0 aromatic heterocycles. The van der Waals surface area contributed by atoms with Gasteiger partial charge in [-0.1, -0.05) is 12.1 Å². The summed E-state index contributed by atoms with van der Waals surface area (Å²) in [4.78, 5) is 55.8. The highest BCUT2D eigenvalue weighted by molar-refractivity contribution is 7.51. The van der Waals surface area contributed by atoms with Crippen LogP contribution in [-0.4, -0.2) is 34.0 Å². The molecule has 10 heteroatoms. The lowest BCUT2D eigenvalue weighted by atomic mass is 10.2. The van der Waals surface area contributed by atoms with Gasteiger partial charge in [-0.2, -0.15) is 9.59 Å². The van der Waals surface area contributed by atoms with Crippen LogP contribution in [0.5, 0.6) is 5.75 Å². The van der Waals surface area contributed by atoms with Crippen molar-refractivity contribution in [2.24, 2.45) is 0 Å². The molecule has 0 aliphatic rings. The van der Waals surface area contributed by atoms with Crippen LogP contribution in [0, 0.1) is 0 Å². The highest BCUT2D eigenvalue weighted by atomic mass is 31.2. The van der Waals surface area contributed by atoms with Crippen molar-refractivity contribution in [3.63, 3.8) is 0 Å². The Labute approximate surface area is 144 Å². The molecule has 2 N–H and O–H groups in total. The van der Waals surface area contributed by atoms with E-state index in [9.17, 15) is 14.2 Å². The predicted octanol–water partition coefficient (Wildman–Crippen LogP) is 1.42. The first-order valence-electron chi connectivity index (χ1n) is 7.14. The van der Waals surface area contributed by atoms with Crippen LogP contribution in [0.1, 0.15) is 31.7 Å². The molecule has 138 valence electrons. The standard InChI is InChI=1S/C14H19O7P.CO2/c1-11(15)21-13-7-5-12(6-8-13)10-20-14(16)4-2-3-9-22(17,18)19;2-1-3/h5-8H,2-4,9-10H2,1H3,(H2,17,18,19);. The molecule has 0 aliphatic carbocycles. The summed E-state index contributed by atoms with van der Waals surface area (Å²) in [6.07, 6.45) is 0.787.